The molecule has 1 heterocycles. The summed E-state index contributed by atoms with van der Waals surface area (Å²) in [5.41, 5.74) is 6.70. The molecular formula is C7H7ClN2. The maximum absolute atomic E-state index is 5.38. The molecule has 0 saturated heterocycles. The molecule has 0 aliphatic carbocycles. The standard InChI is InChI=1S/C7H6N2.ClH/c1-2-6-3-7(8)5-9-4-6;/h1,3-5H,8H2;1H. The van der Waals surface area contributed by atoms with Crippen LogP contribution in [0.5, 0.6) is 0 Å². The van der Waals surface area contributed by atoms with Crippen LogP contribution in [0.3, 0.4) is 0 Å². The number of hydrogen-bond donors (Lipinski definition) is 1. The number of anilines is 1. The number of halogens is 1. The van der Waals surface area contributed by atoms with Crippen LogP contribution in [0.1, 0.15) is 5.56 Å². The summed E-state index contributed by atoms with van der Waals surface area (Å²) in [5, 5.41) is 0. The predicted octanol–water partition coefficient (Wildman–Crippen LogP) is 1.07. The highest BCUT2D eigenvalue weighted by molar-refractivity contribution is 5.85. The molecule has 52 valence electrons. The lowest BCUT2D eigenvalue weighted by Crippen LogP contribution is -1.86. The first-order chi connectivity index (χ1) is 4.33. The lowest BCUT2D eigenvalue weighted by atomic mass is 10.3. The summed E-state index contributed by atoms with van der Waals surface area (Å²) in [7, 11) is 0. The molecule has 0 aliphatic heterocycles. The topological polar surface area (TPSA) is 38.9 Å². The molecule has 0 radical (unpaired) electrons. The van der Waals surface area contributed by atoms with Crippen LogP contribution in [0.25, 0.3) is 0 Å². The van der Waals surface area contributed by atoms with Crippen LogP contribution in [0.15, 0.2) is 18.5 Å². The quantitative estimate of drug-likeness (QED) is 0.568. The number of nitrogen functional groups attached to an aromatic ring is 1. The van der Waals surface area contributed by atoms with Gasteiger partial charge in [0.05, 0.1) is 5.69 Å². The molecule has 0 fully saturated rings. The summed E-state index contributed by atoms with van der Waals surface area (Å²) >= 11 is 0. The predicted molar refractivity (Wildman–Crippen MR) is 43.8 cm³/mol. The van der Waals surface area contributed by atoms with Gasteiger partial charge in [0, 0.05) is 18.0 Å². The zero-order valence-electron chi connectivity index (χ0n) is 5.24. The van der Waals surface area contributed by atoms with Crippen LogP contribution < -0.4 is 5.73 Å². The van der Waals surface area contributed by atoms with Crippen LogP contribution in [0, 0.1) is 12.3 Å². The lowest BCUT2D eigenvalue weighted by molar-refractivity contribution is 1.32. The minimum Gasteiger partial charge on any atom is -0.397 e. The van der Waals surface area contributed by atoms with Crippen molar-refractivity contribution in [2.75, 3.05) is 5.73 Å². The Morgan fingerprint density at radius 3 is 2.60 bits per heavy atom. The van der Waals surface area contributed by atoms with Gasteiger partial charge in [-0.15, -0.1) is 18.8 Å². The monoisotopic (exact) mass is 154 g/mol. The molecule has 0 aliphatic rings. The Balaban J connectivity index is 0.000000810. The van der Waals surface area contributed by atoms with Crippen LogP contribution in [0.2, 0.25) is 0 Å². The number of nitrogens with zero attached hydrogens (tertiary/aromatic N) is 1. The first kappa shape index (κ1) is 8.80. The maximum Gasteiger partial charge on any atom is 0.0513 e. The minimum absolute atomic E-state index is 0. The molecule has 1 aromatic heterocycles. The van der Waals surface area contributed by atoms with Gasteiger partial charge in [-0.1, -0.05) is 5.92 Å². The summed E-state index contributed by atoms with van der Waals surface area (Å²) in [6, 6.07) is 1.70. The van der Waals surface area contributed by atoms with E-state index in [9.17, 15) is 0 Å². The van der Waals surface area contributed by atoms with E-state index in [4.69, 9.17) is 12.2 Å². The normalized spacial score (nSPS) is 7.50. The molecule has 0 saturated carbocycles. The minimum atomic E-state index is 0. The van der Waals surface area contributed by atoms with E-state index in [1.165, 1.54) is 0 Å². The fraction of sp³-hybridized carbons (Fsp3) is 0. The summed E-state index contributed by atoms with van der Waals surface area (Å²) in [6.45, 7) is 0. The van der Waals surface area contributed by atoms with Gasteiger partial charge in [-0.05, 0) is 6.07 Å². The maximum atomic E-state index is 5.38. The van der Waals surface area contributed by atoms with Crippen molar-refractivity contribution in [3.63, 3.8) is 0 Å². The van der Waals surface area contributed by atoms with Crippen molar-refractivity contribution < 1.29 is 0 Å². The number of terminal acetylenes is 1. The van der Waals surface area contributed by atoms with Gasteiger partial charge in [-0.2, -0.15) is 0 Å². The Hall–Kier alpha value is -1.20. The van der Waals surface area contributed by atoms with Gasteiger partial charge in [-0.25, -0.2) is 0 Å². The molecule has 1 aromatic rings. The second kappa shape index (κ2) is 3.76. The van der Waals surface area contributed by atoms with E-state index >= 15 is 0 Å². The fourth-order valence-electron chi connectivity index (χ4n) is 0.537. The summed E-state index contributed by atoms with van der Waals surface area (Å²) in [6.07, 6.45) is 8.22. The Kier molecular flexibility index (Phi) is 3.30. The molecule has 2 N–H and O–H groups in total. The average molecular weight is 155 g/mol. The van der Waals surface area contributed by atoms with Gasteiger partial charge in [0.15, 0.2) is 0 Å². The van der Waals surface area contributed by atoms with Crippen LogP contribution in [-0.2, 0) is 0 Å². The van der Waals surface area contributed by atoms with Crippen molar-refractivity contribution in [1.82, 2.24) is 4.98 Å². The van der Waals surface area contributed by atoms with E-state index in [1.54, 1.807) is 18.5 Å². The molecule has 0 atom stereocenters. The Morgan fingerprint density at radius 1 is 1.50 bits per heavy atom. The number of hydrogen-bond acceptors (Lipinski definition) is 2. The Bertz CT molecular complexity index is 252. The molecule has 1 rings (SSSR count). The van der Waals surface area contributed by atoms with Crippen molar-refractivity contribution in [1.29, 1.82) is 0 Å². The third kappa shape index (κ3) is 1.96. The van der Waals surface area contributed by atoms with E-state index in [0.717, 1.165) is 5.56 Å². The number of rotatable bonds is 0. The molecule has 0 aromatic carbocycles. The third-order valence-corrected chi connectivity index (χ3v) is 0.926. The van der Waals surface area contributed by atoms with E-state index in [-0.39, 0.29) is 12.4 Å². The van der Waals surface area contributed by atoms with E-state index in [2.05, 4.69) is 10.9 Å². The van der Waals surface area contributed by atoms with Crippen LogP contribution in [-0.4, -0.2) is 4.98 Å². The summed E-state index contributed by atoms with van der Waals surface area (Å²) < 4.78 is 0. The van der Waals surface area contributed by atoms with Crippen LogP contribution in [0.4, 0.5) is 5.69 Å². The average Bonchev–Trinajstić information content (AvgIpc) is 1.88. The zero-order valence-corrected chi connectivity index (χ0v) is 6.06. The van der Waals surface area contributed by atoms with E-state index < -0.39 is 0 Å². The highest BCUT2D eigenvalue weighted by Gasteiger charge is 1.85. The SMILES string of the molecule is C#Cc1cncc(N)c1.Cl. The molecule has 0 spiro atoms. The number of aromatic nitrogens is 1. The second-order valence-corrected chi connectivity index (χ2v) is 1.65. The van der Waals surface area contributed by atoms with Crippen LogP contribution >= 0.6 is 12.4 Å². The molecule has 10 heavy (non-hydrogen) atoms. The fourth-order valence-corrected chi connectivity index (χ4v) is 0.537. The smallest absolute Gasteiger partial charge is 0.0513 e. The van der Waals surface area contributed by atoms with Gasteiger partial charge in [0.2, 0.25) is 0 Å². The zero-order chi connectivity index (χ0) is 6.69. The first-order valence-electron chi connectivity index (χ1n) is 2.50. The largest absolute Gasteiger partial charge is 0.397 e. The lowest BCUT2D eigenvalue weighted by Gasteiger charge is -1.89. The third-order valence-electron chi connectivity index (χ3n) is 0.926. The molecule has 0 unspecified atom stereocenters. The van der Waals surface area contributed by atoms with Crippen molar-refractivity contribution >= 4 is 18.1 Å². The highest BCUT2D eigenvalue weighted by Crippen LogP contribution is 2.00. The van der Waals surface area contributed by atoms with Gasteiger partial charge in [0.1, 0.15) is 0 Å². The molecule has 2 nitrogen and oxygen atoms in total. The van der Waals surface area contributed by atoms with E-state index in [1.807, 2.05) is 0 Å². The molecule has 0 amide bonds. The van der Waals surface area contributed by atoms with Gasteiger partial charge in [-0.3, -0.25) is 4.98 Å². The molecule has 0 bridgehead atoms. The summed E-state index contributed by atoms with van der Waals surface area (Å²) in [4.78, 5) is 3.79. The summed E-state index contributed by atoms with van der Waals surface area (Å²) in [5.74, 6) is 2.43. The van der Waals surface area contributed by atoms with Gasteiger partial charge >= 0.3 is 0 Å². The van der Waals surface area contributed by atoms with Crippen molar-refractivity contribution in [3.8, 4) is 12.3 Å². The van der Waals surface area contributed by atoms with Gasteiger partial charge < -0.3 is 5.73 Å². The number of nitrogens with two attached hydrogens (primary N) is 1. The van der Waals surface area contributed by atoms with E-state index in [0.29, 0.717) is 5.69 Å². The molecule has 3 heteroatoms. The van der Waals surface area contributed by atoms with Gasteiger partial charge in [0.25, 0.3) is 0 Å². The number of pyridine rings is 1. The van der Waals surface area contributed by atoms with Crippen molar-refractivity contribution in [2.24, 2.45) is 0 Å². The van der Waals surface area contributed by atoms with Crippen molar-refractivity contribution in [3.05, 3.63) is 24.0 Å². The van der Waals surface area contributed by atoms with Crippen molar-refractivity contribution in [2.45, 2.75) is 0 Å². The Labute approximate surface area is 65.9 Å². The Morgan fingerprint density at radius 2 is 2.20 bits per heavy atom. The second-order valence-electron chi connectivity index (χ2n) is 1.65. The first-order valence-corrected chi connectivity index (χ1v) is 2.50. The highest BCUT2D eigenvalue weighted by atomic mass is 35.5. The molecular weight excluding hydrogens is 148 g/mol.